The molecule has 2 atom stereocenters. The van der Waals surface area contributed by atoms with Gasteiger partial charge in [-0.1, -0.05) is 6.07 Å². The van der Waals surface area contributed by atoms with E-state index in [4.69, 9.17) is 19.9 Å². The highest BCUT2D eigenvalue weighted by atomic mass is 16.5. The van der Waals surface area contributed by atoms with Gasteiger partial charge < -0.3 is 19.9 Å². The Hall–Kier alpha value is -2.12. The Bertz CT molecular complexity index is 653. The summed E-state index contributed by atoms with van der Waals surface area (Å²) < 4.78 is 16.5. The molecule has 1 aliphatic heterocycles. The van der Waals surface area contributed by atoms with Gasteiger partial charge in [-0.15, -0.1) is 0 Å². The molecule has 3 rings (SSSR count). The molecule has 0 aliphatic carbocycles. The van der Waals surface area contributed by atoms with Crippen molar-refractivity contribution in [3.63, 3.8) is 0 Å². The predicted molar refractivity (Wildman–Crippen MR) is 84.5 cm³/mol. The molecule has 1 aliphatic rings. The summed E-state index contributed by atoms with van der Waals surface area (Å²) in [6, 6.07) is 5.17. The summed E-state index contributed by atoms with van der Waals surface area (Å²) in [7, 11) is 1.61. The Balaban J connectivity index is 1.82. The number of hydrogen-bond acceptors (Lipinski definition) is 6. The van der Waals surface area contributed by atoms with E-state index in [2.05, 4.69) is 15.2 Å². The molecule has 0 saturated carbocycles. The number of methoxy groups -OCH3 is 1. The van der Waals surface area contributed by atoms with Gasteiger partial charge in [-0.05, 0) is 37.5 Å². The lowest BCUT2D eigenvalue weighted by atomic mass is 10.1. The van der Waals surface area contributed by atoms with E-state index in [0.29, 0.717) is 23.9 Å². The maximum Gasteiger partial charge on any atom is 0.171 e. The van der Waals surface area contributed by atoms with Crippen LogP contribution in [-0.4, -0.2) is 35.5 Å². The molecular weight excluding hydrogens is 296 g/mol. The van der Waals surface area contributed by atoms with Crippen molar-refractivity contribution in [2.24, 2.45) is 5.73 Å². The van der Waals surface area contributed by atoms with Crippen LogP contribution in [0.4, 0.5) is 0 Å². The number of nitrogens with one attached hydrogen (secondary N) is 1. The van der Waals surface area contributed by atoms with Gasteiger partial charge >= 0.3 is 0 Å². The number of ether oxygens (including phenoxy) is 3. The van der Waals surface area contributed by atoms with Crippen molar-refractivity contribution in [1.82, 2.24) is 15.2 Å². The molecule has 23 heavy (non-hydrogen) atoms. The second-order valence-electron chi connectivity index (χ2n) is 5.40. The van der Waals surface area contributed by atoms with Crippen molar-refractivity contribution < 1.29 is 14.2 Å². The molecule has 1 saturated heterocycles. The number of aromatic amines is 1. The summed E-state index contributed by atoms with van der Waals surface area (Å²) in [4.78, 5) is 4.50. The van der Waals surface area contributed by atoms with Gasteiger partial charge in [-0.25, -0.2) is 4.98 Å². The Morgan fingerprint density at radius 1 is 1.43 bits per heavy atom. The maximum absolute atomic E-state index is 6.30. The minimum absolute atomic E-state index is 0.00157. The third-order valence-electron chi connectivity index (χ3n) is 3.88. The van der Waals surface area contributed by atoms with Crippen LogP contribution in [-0.2, 0) is 4.74 Å². The lowest BCUT2D eigenvalue weighted by Gasteiger charge is -2.13. The lowest BCUT2D eigenvalue weighted by Crippen LogP contribution is -2.14. The van der Waals surface area contributed by atoms with E-state index in [1.54, 1.807) is 7.11 Å². The summed E-state index contributed by atoms with van der Waals surface area (Å²) in [5.41, 5.74) is 7.17. The molecule has 0 amide bonds. The second kappa shape index (κ2) is 6.97. The number of rotatable bonds is 6. The minimum atomic E-state index is -0.438. The fourth-order valence-electron chi connectivity index (χ4n) is 2.67. The molecule has 0 bridgehead atoms. The average Bonchev–Trinajstić information content (AvgIpc) is 3.25. The quantitative estimate of drug-likeness (QED) is 0.847. The second-order valence-corrected chi connectivity index (χ2v) is 5.40. The van der Waals surface area contributed by atoms with E-state index < -0.39 is 6.04 Å². The molecule has 7 heteroatoms. The number of benzene rings is 1. The molecule has 1 aromatic carbocycles. The number of aromatic nitrogens is 3. The molecule has 1 fully saturated rings. The van der Waals surface area contributed by atoms with Crippen molar-refractivity contribution in [3.05, 3.63) is 35.4 Å². The molecule has 2 aromatic rings. The first-order chi connectivity index (χ1) is 11.2. The van der Waals surface area contributed by atoms with E-state index in [0.717, 1.165) is 30.8 Å². The molecule has 0 radical (unpaired) electrons. The van der Waals surface area contributed by atoms with Crippen LogP contribution >= 0.6 is 0 Å². The molecule has 3 N–H and O–H groups in total. The van der Waals surface area contributed by atoms with E-state index in [9.17, 15) is 0 Å². The van der Waals surface area contributed by atoms with E-state index in [1.165, 1.54) is 0 Å². The molecule has 7 nitrogen and oxygen atoms in total. The van der Waals surface area contributed by atoms with Gasteiger partial charge in [-0.3, -0.25) is 5.10 Å². The van der Waals surface area contributed by atoms with Crippen LogP contribution in [0.25, 0.3) is 0 Å². The molecule has 0 unspecified atom stereocenters. The third kappa shape index (κ3) is 3.30. The summed E-state index contributed by atoms with van der Waals surface area (Å²) in [6.07, 6.45) is 2.00. The van der Waals surface area contributed by atoms with Gasteiger partial charge in [0.1, 0.15) is 6.10 Å². The van der Waals surface area contributed by atoms with Crippen LogP contribution in [0.1, 0.15) is 49.1 Å². The number of H-pyrrole nitrogens is 1. The summed E-state index contributed by atoms with van der Waals surface area (Å²) in [5.74, 6) is 2.63. The fraction of sp³-hybridized carbons (Fsp3) is 0.500. The normalized spacial score (nSPS) is 18.8. The first kappa shape index (κ1) is 15.8. The highest BCUT2D eigenvalue weighted by Crippen LogP contribution is 2.32. The monoisotopic (exact) mass is 318 g/mol. The highest BCUT2D eigenvalue weighted by Gasteiger charge is 2.23. The number of nitrogens with zero attached hydrogens (tertiary/aromatic N) is 2. The largest absolute Gasteiger partial charge is 0.493 e. The molecule has 1 aromatic heterocycles. The van der Waals surface area contributed by atoms with Crippen molar-refractivity contribution >= 4 is 0 Å². The standard InChI is InChI=1S/C16H22N4O3/c1-3-22-13-9-10(6-7-11(13)21-2)14(17)16-18-15(19-20-16)12-5-4-8-23-12/h6-7,9,12,14H,3-5,8,17H2,1-2H3,(H,18,19,20)/t12-,14-/m1/s1. The van der Waals surface area contributed by atoms with Crippen LogP contribution in [0.2, 0.25) is 0 Å². The van der Waals surface area contributed by atoms with E-state index in [-0.39, 0.29) is 6.10 Å². The predicted octanol–water partition coefficient (Wildman–Crippen LogP) is 2.11. The SMILES string of the molecule is CCOc1cc([C@@H](N)c2n[nH]c([C@H]3CCCO3)n2)ccc1OC. The van der Waals surface area contributed by atoms with Gasteiger partial charge in [-0.2, -0.15) is 5.10 Å². The Morgan fingerprint density at radius 3 is 3.00 bits per heavy atom. The topological polar surface area (TPSA) is 95.3 Å². The van der Waals surface area contributed by atoms with Crippen molar-refractivity contribution in [2.75, 3.05) is 20.3 Å². The van der Waals surface area contributed by atoms with E-state index >= 15 is 0 Å². The van der Waals surface area contributed by atoms with Gasteiger partial charge in [0, 0.05) is 6.61 Å². The molecule has 0 spiro atoms. The summed E-state index contributed by atoms with van der Waals surface area (Å²) in [6.45, 7) is 3.25. The molecular formula is C16H22N4O3. The Kier molecular flexibility index (Phi) is 4.78. The summed E-state index contributed by atoms with van der Waals surface area (Å²) in [5, 5.41) is 7.18. The van der Waals surface area contributed by atoms with Crippen LogP contribution in [0, 0.1) is 0 Å². The van der Waals surface area contributed by atoms with Gasteiger partial charge in [0.15, 0.2) is 23.1 Å². The zero-order valence-corrected chi connectivity index (χ0v) is 13.4. The minimum Gasteiger partial charge on any atom is -0.493 e. The fourth-order valence-corrected chi connectivity index (χ4v) is 2.67. The Morgan fingerprint density at radius 2 is 2.30 bits per heavy atom. The van der Waals surface area contributed by atoms with Crippen LogP contribution in [0.5, 0.6) is 11.5 Å². The van der Waals surface area contributed by atoms with Gasteiger partial charge in [0.25, 0.3) is 0 Å². The Labute approximate surface area is 135 Å². The van der Waals surface area contributed by atoms with Crippen molar-refractivity contribution in [3.8, 4) is 11.5 Å². The maximum atomic E-state index is 6.30. The van der Waals surface area contributed by atoms with Crippen molar-refractivity contribution in [1.29, 1.82) is 0 Å². The third-order valence-corrected chi connectivity index (χ3v) is 3.88. The van der Waals surface area contributed by atoms with Crippen LogP contribution in [0.3, 0.4) is 0 Å². The van der Waals surface area contributed by atoms with Gasteiger partial charge in [0.2, 0.25) is 0 Å². The zero-order valence-electron chi connectivity index (χ0n) is 13.4. The zero-order chi connectivity index (χ0) is 16.2. The van der Waals surface area contributed by atoms with Crippen LogP contribution in [0.15, 0.2) is 18.2 Å². The van der Waals surface area contributed by atoms with Crippen LogP contribution < -0.4 is 15.2 Å². The van der Waals surface area contributed by atoms with E-state index in [1.807, 2.05) is 25.1 Å². The molecule has 2 heterocycles. The lowest BCUT2D eigenvalue weighted by molar-refractivity contribution is 0.105. The number of hydrogen-bond donors (Lipinski definition) is 2. The highest BCUT2D eigenvalue weighted by molar-refractivity contribution is 5.44. The average molecular weight is 318 g/mol. The first-order valence-corrected chi connectivity index (χ1v) is 7.83. The van der Waals surface area contributed by atoms with Gasteiger partial charge in [0.05, 0.1) is 19.8 Å². The first-order valence-electron chi connectivity index (χ1n) is 7.83. The van der Waals surface area contributed by atoms with Crippen molar-refractivity contribution in [2.45, 2.75) is 31.9 Å². The number of nitrogens with two attached hydrogens (primary N) is 1. The molecule has 124 valence electrons. The summed E-state index contributed by atoms with van der Waals surface area (Å²) >= 11 is 0. The smallest absolute Gasteiger partial charge is 0.171 e.